The Morgan fingerprint density at radius 1 is 0.730 bits per heavy atom. The molecule has 1 aliphatic carbocycles. The Hall–Kier alpha value is -2.59. The van der Waals surface area contributed by atoms with Crippen molar-refractivity contribution in [2.75, 3.05) is 6.54 Å². The monoisotopic (exact) mass is 544 g/mol. The maximum absolute atomic E-state index is 14.4. The minimum atomic E-state index is -4.06. The highest BCUT2D eigenvalue weighted by molar-refractivity contribution is 7.89. The molecule has 1 aliphatic rings. The van der Waals surface area contributed by atoms with Crippen molar-refractivity contribution in [1.29, 1.82) is 0 Å². The van der Waals surface area contributed by atoms with Crippen LogP contribution in [0.2, 0.25) is 0 Å². The number of sulfonamides is 2. The van der Waals surface area contributed by atoms with E-state index in [-0.39, 0.29) is 34.5 Å². The molecular formula is C28H33FN2O4S2. The first-order chi connectivity index (χ1) is 17.7. The van der Waals surface area contributed by atoms with Gasteiger partial charge in [0.15, 0.2) is 0 Å². The van der Waals surface area contributed by atoms with Crippen LogP contribution >= 0.6 is 0 Å². The first-order valence-electron chi connectivity index (χ1n) is 12.6. The molecule has 0 atom stereocenters. The maximum Gasteiger partial charge on any atom is 0.243 e. The quantitative estimate of drug-likeness (QED) is 0.335. The Kier molecular flexibility index (Phi) is 8.79. The summed E-state index contributed by atoms with van der Waals surface area (Å²) < 4.78 is 71.4. The standard InChI is InChI=1S/C28H33FN2O4S2/c1-2-31(25-14-7-4-8-15-25)37(34,35)27-19-17-26(18-20-27)36(32,33)30(21-23-11-5-3-6-12-23)22-24-13-9-10-16-28(24)29/h3,5-6,9-13,16-20,25H,2,4,7-8,14-15,21-22H2,1H3. The van der Waals surface area contributed by atoms with E-state index in [1.807, 2.05) is 37.3 Å². The van der Waals surface area contributed by atoms with Crippen LogP contribution in [0.15, 0.2) is 88.7 Å². The van der Waals surface area contributed by atoms with Gasteiger partial charge in [0.1, 0.15) is 5.82 Å². The van der Waals surface area contributed by atoms with E-state index in [0.717, 1.165) is 37.7 Å². The van der Waals surface area contributed by atoms with Crippen molar-refractivity contribution in [3.8, 4) is 0 Å². The molecule has 0 saturated heterocycles. The highest BCUT2D eigenvalue weighted by atomic mass is 32.2. The van der Waals surface area contributed by atoms with Crippen molar-refractivity contribution in [2.24, 2.45) is 0 Å². The van der Waals surface area contributed by atoms with Gasteiger partial charge in [-0.05, 0) is 48.7 Å². The molecule has 0 heterocycles. The molecule has 0 aliphatic heterocycles. The third kappa shape index (κ3) is 6.29. The minimum absolute atomic E-state index is 0.0331. The number of nitrogens with zero attached hydrogens (tertiary/aromatic N) is 2. The van der Waals surface area contributed by atoms with E-state index in [0.29, 0.717) is 6.54 Å². The summed E-state index contributed by atoms with van der Waals surface area (Å²) >= 11 is 0. The summed E-state index contributed by atoms with van der Waals surface area (Å²) in [7, 11) is -7.83. The Balaban J connectivity index is 1.64. The van der Waals surface area contributed by atoms with Gasteiger partial charge in [-0.3, -0.25) is 0 Å². The molecule has 3 aromatic carbocycles. The Bertz CT molecular complexity index is 1390. The molecule has 0 radical (unpaired) electrons. The average Bonchev–Trinajstić information content (AvgIpc) is 2.91. The van der Waals surface area contributed by atoms with Gasteiger partial charge in [0.05, 0.1) is 9.79 Å². The van der Waals surface area contributed by atoms with Crippen LogP contribution in [0.1, 0.15) is 50.2 Å². The van der Waals surface area contributed by atoms with Gasteiger partial charge in [-0.2, -0.15) is 8.61 Å². The largest absolute Gasteiger partial charge is 0.243 e. The lowest BCUT2D eigenvalue weighted by Crippen LogP contribution is -2.41. The van der Waals surface area contributed by atoms with Gasteiger partial charge in [0.2, 0.25) is 20.0 Å². The fourth-order valence-electron chi connectivity index (χ4n) is 4.89. The van der Waals surface area contributed by atoms with Crippen LogP contribution in [-0.4, -0.2) is 38.0 Å². The molecule has 0 bridgehead atoms. The molecule has 0 N–H and O–H groups in total. The Morgan fingerprint density at radius 3 is 1.89 bits per heavy atom. The van der Waals surface area contributed by atoms with Crippen molar-refractivity contribution < 1.29 is 21.2 Å². The van der Waals surface area contributed by atoms with E-state index < -0.39 is 25.9 Å². The first-order valence-corrected chi connectivity index (χ1v) is 15.5. The highest BCUT2D eigenvalue weighted by Gasteiger charge is 2.32. The highest BCUT2D eigenvalue weighted by Crippen LogP contribution is 2.29. The molecule has 0 unspecified atom stereocenters. The SMILES string of the molecule is CCN(C1CCCCC1)S(=O)(=O)c1ccc(S(=O)(=O)N(Cc2ccccc2)Cc2ccccc2F)cc1. The van der Waals surface area contributed by atoms with Crippen LogP contribution in [0.3, 0.4) is 0 Å². The summed E-state index contributed by atoms with van der Waals surface area (Å²) in [6, 6.07) is 20.5. The van der Waals surface area contributed by atoms with Gasteiger partial charge >= 0.3 is 0 Å². The smallest absolute Gasteiger partial charge is 0.207 e. The molecule has 6 nitrogen and oxygen atoms in total. The zero-order valence-electron chi connectivity index (χ0n) is 21.0. The van der Waals surface area contributed by atoms with Gasteiger partial charge < -0.3 is 0 Å². The first kappa shape index (κ1) is 27.4. The third-order valence-corrected chi connectivity index (χ3v) is 10.7. The predicted octanol–water partition coefficient (Wildman–Crippen LogP) is 5.56. The molecule has 0 aromatic heterocycles. The fraction of sp³-hybridized carbons (Fsp3) is 0.357. The van der Waals surface area contributed by atoms with Crippen LogP contribution in [-0.2, 0) is 33.1 Å². The summed E-state index contributed by atoms with van der Waals surface area (Å²) in [4.78, 5) is 0.0296. The summed E-state index contributed by atoms with van der Waals surface area (Å²) in [5.41, 5.74) is 1.01. The summed E-state index contributed by atoms with van der Waals surface area (Å²) in [5.74, 6) is -0.487. The fourth-order valence-corrected chi connectivity index (χ4v) is 7.99. The van der Waals surface area contributed by atoms with E-state index in [1.165, 1.54) is 38.9 Å². The molecule has 4 rings (SSSR count). The molecule has 1 fully saturated rings. The van der Waals surface area contributed by atoms with E-state index in [1.54, 1.807) is 18.2 Å². The number of benzene rings is 3. The lowest BCUT2D eigenvalue weighted by molar-refractivity contribution is 0.261. The molecule has 0 amide bonds. The molecule has 0 spiro atoms. The summed E-state index contributed by atoms with van der Waals surface area (Å²) in [6.07, 6.45) is 4.81. The van der Waals surface area contributed by atoms with Crippen LogP contribution in [0.5, 0.6) is 0 Å². The third-order valence-electron chi connectivity index (χ3n) is 6.87. The van der Waals surface area contributed by atoms with Crippen LogP contribution in [0.25, 0.3) is 0 Å². The van der Waals surface area contributed by atoms with Crippen LogP contribution < -0.4 is 0 Å². The topological polar surface area (TPSA) is 74.8 Å². The molecule has 3 aromatic rings. The van der Waals surface area contributed by atoms with E-state index in [2.05, 4.69) is 0 Å². The minimum Gasteiger partial charge on any atom is -0.207 e. The van der Waals surface area contributed by atoms with Gasteiger partial charge in [-0.15, -0.1) is 0 Å². The lowest BCUT2D eigenvalue weighted by Gasteiger charge is -2.32. The Morgan fingerprint density at radius 2 is 1.30 bits per heavy atom. The van der Waals surface area contributed by atoms with Crippen molar-refractivity contribution in [3.63, 3.8) is 0 Å². The molecule has 9 heteroatoms. The van der Waals surface area contributed by atoms with Crippen molar-refractivity contribution in [3.05, 3.63) is 95.8 Å². The average molecular weight is 545 g/mol. The van der Waals surface area contributed by atoms with Crippen LogP contribution in [0, 0.1) is 5.82 Å². The number of hydrogen-bond donors (Lipinski definition) is 0. The van der Waals surface area contributed by atoms with E-state index >= 15 is 0 Å². The second-order valence-electron chi connectivity index (χ2n) is 9.32. The van der Waals surface area contributed by atoms with Crippen LogP contribution in [0.4, 0.5) is 4.39 Å². The van der Waals surface area contributed by atoms with E-state index in [4.69, 9.17) is 0 Å². The number of halogens is 1. The predicted molar refractivity (Wildman–Crippen MR) is 142 cm³/mol. The van der Waals surface area contributed by atoms with Gasteiger partial charge in [-0.25, -0.2) is 21.2 Å². The van der Waals surface area contributed by atoms with Crippen molar-refractivity contribution >= 4 is 20.0 Å². The second-order valence-corrected chi connectivity index (χ2v) is 13.2. The van der Waals surface area contributed by atoms with Crippen molar-refractivity contribution in [2.45, 2.75) is 68.0 Å². The molecular weight excluding hydrogens is 511 g/mol. The zero-order chi connectivity index (χ0) is 26.5. The Labute approximate surface area is 219 Å². The second kappa shape index (κ2) is 11.9. The lowest BCUT2D eigenvalue weighted by atomic mass is 9.95. The summed E-state index contributed by atoms with van der Waals surface area (Å²) in [6.45, 7) is 2.08. The van der Waals surface area contributed by atoms with E-state index in [9.17, 15) is 21.2 Å². The number of hydrogen-bond acceptors (Lipinski definition) is 4. The van der Waals surface area contributed by atoms with Gasteiger partial charge in [-0.1, -0.05) is 74.7 Å². The van der Waals surface area contributed by atoms with Gasteiger partial charge in [0, 0.05) is 31.2 Å². The summed E-state index contributed by atoms with van der Waals surface area (Å²) in [5, 5.41) is 0. The molecule has 1 saturated carbocycles. The molecule has 37 heavy (non-hydrogen) atoms. The normalized spacial score (nSPS) is 15.4. The maximum atomic E-state index is 14.4. The van der Waals surface area contributed by atoms with Gasteiger partial charge in [0.25, 0.3) is 0 Å². The number of rotatable bonds is 10. The van der Waals surface area contributed by atoms with Crippen molar-refractivity contribution in [1.82, 2.24) is 8.61 Å². The zero-order valence-corrected chi connectivity index (χ0v) is 22.6. The molecule has 198 valence electrons.